The van der Waals surface area contributed by atoms with Crippen molar-refractivity contribution in [3.05, 3.63) is 28.6 Å². The molecule has 1 heterocycles. The van der Waals surface area contributed by atoms with Crippen molar-refractivity contribution < 1.29 is 5.11 Å². The summed E-state index contributed by atoms with van der Waals surface area (Å²) in [4.78, 5) is 4.09. The van der Waals surface area contributed by atoms with Gasteiger partial charge in [0.25, 0.3) is 0 Å². The summed E-state index contributed by atoms with van der Waals surface area (Å²) < 4.78 is 0.563. The number of nitrogens with two attached hydrogens (primary N) is 1. The number of nitrogens with zero attached hydrogens (tertiary/aromatic N) is 1. The molecule has 1 aromatic heterocycles. The standard InChI is InChI=1S/C9H7ClN2OS/c10-8-7(12-9(11)14-8)5-1-3-6(13)4-2-5/h1-4,13H,(H2,11,12). The lowest BCUT2D eigenvalue weighted by molar-refractivity contribution is 0.475. The number of anilines is 1. The van der Waals surface area contributed by atoms with E-state index in [0.717, 1.165) is 5.56 Å². The highest BCUT2D eigenvalue weighted by Crippen LogP contribution is 2.34. The normalized spacial score (nSPS) is 10.4. The van der Waals surface area contributed by atoms with Gasteiger partial charge in [-0.25, -0.2) is 4.98 Å². The summed E-state index contributed by atoms with van der Waals surface area (Å²) in [5.41, 5.74) is 7.03. The Balaban J connectivity index is 2.49. The van der Waals surface area contributed by atoms with Crippen molar-refractivity contribution in [2.45, 2.75) is 0 Å². The summed E-state index contributed by atoms with van der Waals surface area (Å²) in [6.45, 7) is 0. The Morgan fingerprint density at radius 3 is 2.43 bits per heavy atom. The van der Waals surface area contributed by atoms with E-state index in [-0.39, 0.29) is 5.75 Å². The molecular formula is C9H7ClN2OS. The average molecular weight is 227 g/mol. The number of phenols is 1. The van der Waals surface area contributed by atoms with Gasteiger partial charge in [0.1, 0.15) is 15.8 Å². The molecule has 0 saturated heterocycles. The third kappa shape index (κ3) is 1.66. The zero-order chi connectivity index (χ0) is 10.1. The Morgan fingerprint density at radius 2 is 1.93 bits per heavy atom. The van der Waals surface area contributed by atoms with Gasteiger partial charge in [0, 0.05) is 5.56 Å². The maximum Gasteiger partial charge on any atom is 0.182 e. The first kappa shape index (κ1) is 9.30. The van der Waals surface area contributed by atoms with Gasteiger partial charge in [-0.1, -0.05) is 22.9 Å². The zero-order valence-electron chi connectivity index (χ0n) is 7.07. The summed E-state index contributed by atoms with van der Waals surface area (Å²) in [5.74, 6) is 0.216. The largest absolute Gasteiger partial charge is 0.508 e. The van der Waals surface area contributed by atoms with E-state index in [1.54, 1.807) is 24.3 Å². The lowest BCUT2D eigenvalue weighted by Crippen LogP contribution is -1.82. The van der Waals surface area contributed by atoms with Crippen LogP contribution in [-0.2, 0) is 0 Å². The minimum Gasteiger partial charge on any atom is -0.508 e. The van der Waals surface area contributed by atoms with Gasteiger partial charge in [0.2, 0.25) is 0 Å². The molecule has 0 unspecified atom stereocenters. The van der Waals surface area contributed by atoms with E-state index in [1.807, 2.05) is 0 Å². The first-order valence-electron chi connectivity index (χ1n) is 3.88. The van der Waals surface area contributed by atoms with E-state index < -0.39 is 0 Å². The molecule has 0 bridgehead atoms. The van der Waals surface area contributed by atoms with Crippen LogP contribution in [0.5, 0.6) is 5.75 Å². The van der Waals surface area contributed by atoms with Crippen LogP contribution in [0.1, 0.15) is 0 Å². The molecule has 72 valence electrons. The summed E-state index contributed by atoms with van der Waals surface area (Å²) in [6, 6.07) is 6.66. The number of hydrogen-bond acceptors (Lipinski definition) is 4. The van der Waals surface area contributed by atoms with E-state index in [1.165, 1.54) is 11.3 Å². The number of thiazole rings is 1. The van der Waals surface area contributed by atoms with Crippen molar-refractivity contribution in [3.8, 4) is 17.0 Å². The number of rotatable bonds is 1. The molecule has 0 spiro atoms. The topological polar surface area (TPSA) is 59.1 Å². The summed E-state index contributed by atoms with van der Waals surface area (Å²) in [7, 11) is 0. The summed E-state index contributed by atoms with van der Waals surface area (Å²) >= 11 is 7.17. The van der Waals surface area contributed by atoms with Crippen LogP contribution in [0.4, 0.5) is 5.13 Å². The Morgan fingerprint density at radius 1 is 1.29 bits per heavy atom. The molecule has 0 aliphatic rings. The van der Waals surface area contributed by atoms with Crippen LogP contribution in [0.2, 0.25) is 4.34 Å². The number of hydrogen-bond donors (Lipinski definition) is 2. The van der Waals surface area contributed by atoms with E-state index >= 15 is 0 Å². The molecular weight excluding hydrogens is 220 g/mol. The fourth-order valence-corrected chi connectivity index (χ4v) is 2.08. The SMILES string of the molecule is Nc1nc(-c2ccc(O)cc2)c(Cl)s1. The molecule has 3 N–H and O–H groups in total. The van der Waals surface area contributed by atoms with E-state index in [4.69, 9.17) is 22.4 Å². The van der Waals surface area contributed by atoms with Crippen LogP contribution in [0.15, 0.2) is 24.3 Å². The smallest absolute Gasteiger partial charge is 0.182 e. The predicted molar refractivity (Wildman–Crippen MR) is 58.6 cm³/mol. The number of aromatic hydroxyl groups is 1. The van der Waals surface area contributed by atoms with Crippen molar-refractivity contribution in [3.63, 3.8) is 0 Å². The minimum absolute atomic E-state index is 0.216. The van der Waals surface area contributed by atoms with Crippen molar-refractivity contribution >= 4 is 28.1 Å². The van der Waals surface area contributed by atoms with Gasteiger partial charge in [-0.2, -0.15) is 0 Å². The molecule has 2 rings (SSSR count). The molecule has 0 aliphatic carbocycles. The van der Waals surface area contributed by atoms with Crippen molar-refractivity contribution in [2.75, 3.05) is 5.73 Å². The maximum atomic E-state index is 9.10. The van der Waals surface area contributed by atoms with Gasteiger partial charge in [-0.3, -0.25) is 0 Å². The summed E-state index contributed by atoms with van der Waals surface area (Å²) in [6.07, 6.45) is 0. The number of nitrogen functional groups attached to an aromatic ring is 1. The highest BCUT2D eigenvalue weighted by atomic mass is 35.5. The fourth-order valence-electron chi connectivity index (χ4n) is 1.11. The number of aromatic nitrogens is 1. The lowest BCUT2D eigenvalue weighted by Gasteiger charge is -1.97. The van der Waals surface area contributed by atoms with Crippen LogP contribution < -0.4 is 5.73 Å². The number of phenolic OH excluding ortho intramolecular Hbond substituents is 1. The third-order valence-corrected chi connectivity index (χ3v) is 2.83. The molecule has 5 heteroatoms. The van der Waals surface area contributed by atoms with Crippen LogP contribution in [0.3, 0.4) is 0 Å². The Kier molecular flexibility index (Phi) is 2.31. The van der Waals surface area contributed by atoms with Gasteiger partial charge < -0.3 is 10.8 Å². The highest BCUT2D eigenvalue weighted by molar-refractivity contribution is 7.19. The molecule has 0 saturated carbocycles. The molecule has 3 nitrogen and oxygen atoms in total. The van der Waals surface area contributed by atoms with E-state index in [0.29, 0.717) is 15.2 Å². The van der Waals surface area contributed by atoms with Gasteiger partial charge in [-0.05, 0) is 24.3 Å². The maximum absolute atomic E-state index is 9.10. The molecule has 14 heavy (non-hydrogen) atoms. The highest BCUT2D eigenvalue weighted by Gasteiger charge is 2.09. The molecule has 0 aliphatic heterocycles. The van der Waals surface area contributed by atoms with E-state index in [2.05, 4.69) is 4.98 Å². The van der Waals surface area contributed by atoms with Crippen LogP contribution in [0.25, 0.3) is 11.3 Å². The Bertz CT molecular complexity index is 452. The fraction of sp³-hybridized carbons (Fsp3) is 0. The zero-order valence-corrected chi connectivity index (χ0v) is 8.64. The van der Waals surface area contributed by atoms with Gasteiger partial charge in [0.15, 0.2) is 5.13 Å². The first-order chi connectivity index (χ1) is 6.66. The summed E-state index contributed by atoms with van der Waals surface area (Å²) in [5, 5.41) is 9.55. The second-order valence-electron chi connectivity index (χ2n) is 2.72. The molecule has 0 amide bonds. The molecule has 0 atom stereocenters. The lowest BCUT2D eigenvalue weighted by atomic mass is 10.2. The third-order valence-electron chi connectivity index (χ3n) is 1.74. The average Bonchev–Trinajstić information content (AvgIpc) is 2.47. The Labute approximate surface area is 89.8 Å². The van der Waals surface area contributed by atoms with Gasteiger partial charge in [-0.15, -0.1) is 0 Å². The quantitative estimate of drug-likeness (QED) is 0.786. The minimum atomic E-state index is 0.216. The van der Waals surface area contributed by atoms with Crippen molar-refractivity contribution in [2.24, 2.45) is 0 Å². The Hall–Kier alpha value is -1.26. The van der Waals surface area contributed by atoms with Crippen LogP contribution in [0, 0.1) is 0 Å². The van der Waals surface area contributed by atoms with E-state index in [9.17, 15) is 0 Å². The van der Waals surface area contributed by atoms with Gasteiger partial charge in [0.05, 0.1) is 0 Å². The molecule has 2 aromatic rings. The van der Waals surface area contributed by atoms with Crippen LogP contribution in [-0.4, -0.2) is 10.1 Å². The predicted octanol–water partition coefficient (Wildman–Crippen LogP) is 2.75. The molecule has 1 aromatic carbocycles. The van der Waals surface area contributed by atoms with Crippen molar-refractivity contribution in [1.82, 2.24) is 4.98 Å². The van der Waals surface area contributed by atoms with Crippen LogP contribution >= 0.6 is 22.9 Å². The second kappa shape index (κ2) is 3.48. The van der Waals surface area contributed by atoms with Crippen molar-refractivity contribution in [1.29, 1.82) is 0 Å². The second-order valence-corrected chi connectivity index (χ2v) is 4.35. The number of halogens is 1. The molecule has 0 radical (unpaired) electrons. The number of benzene rings is 1. The molecule has 0 fully saturated rings. The monoisotopic (exact) mass is 226 g/mol. The first-order valence-corrected chi connectivity index (χ1v) is 5.07. The van der Waals surface area contributed by atoms with Gasteiger partial charge >= 0.3 is 0 Å².